The first-order chi connectivity index (χ1) is 24.7. The highest BCUT2D eigenvalue weighted by Crippen LogP contribution is 2.21. The van der Waals surface area contributed by atoms with E-state index in [0.29, 0.717) is 0 Å². The minimum atomic E-state index is -1.24. The predicted molar refractivity (Wildman–Crippen MR) is 196 cm³/mol. The van der Waals surface area contributed by atoms with Crippen molar-refractivity contribution in [3.05, 3.63) is 144 Å². The monoisotopic (exact) mass is 684 g/mol. The van der Waals surface area contributed by atoms with E-state index in [1.165, 1.54) is 0 Å². The van der Waals surface area contributed by atoms with Crippen molar-refractivity contribution in [2.24, 2.45) is 5.73 Å². The number of carboxylic acids is 1. The van der Waals surface area contributed by atoms with E-state index in [0.717, 1.165) is 44.1 Å². The van der Waals surface area contributed by atoms with Crippen molar-refractivity contribution >= 4 is 45.5 Å². The molecule has 3 amide bonds. The van der Waals surface area contributed by atoms with Crippen molar-refractivity contribution in [1.82, 2.24) is 25.9 Å². The molecule has 4 unspecified atom stereocenters. The Kier molecular flexibility index (Phi) is 10.9. The van der Waals surface area contributed by atoms with Crippen LogP contribution in [0.2, 0.25) is 0 Å². The summed E-state index contributed by atoms with van der Waals surface area (Å²) in [6.07, 6.45) is 4.09. The van der Waals surface area contributed by atoms with Crippen molar-refractivity contribution in [3.63, 3.8) is 0 Å². The van der Waals surface area contributed by atoms with Crippen LogP contribution >= 0.6 is 0 Å². The molecule has 0 fully saturated rings. The fourth-order valence-corrected chi connectivity index (χ4v) is 6.29. The lowest BCUT2D eigenvalue weighted by Crippen LogP contribution is -2.58. The molecule has 0 aliphatic rings. The molecule has 4 atom stereocenters. The molecule has 0 bridgehead atoms. The van der Waals surface area contributed by atoms with Crippen LogP contribution in [0, 0.1) is 0 Å². The van der Waals surface area contributed by atoms with E-state index in [1.807, 2.05) is 91.1 Å². The third-order valence-corrected chi connectivity index (χ3v) is 9.00. The summed E-state index contributed by atoms with van der Waals surface area (Å²) in [5.74, 6) is -3.01. The number of para-hydroxylation sites is 2. The quantitative estimate of drug-likeness (QED) is 0.0864. The van der Waals surface area contributed by atoms with Gasteiger partial charge in [0.05, 0.1) is 6.04 Å². The Labute approximate surface area is 294 Å². The van der Waals surface area contributed by atoms with Crippen LogP contribution in [0.25, 0.3) is 21.8 Å². The van der Waals surface area contributed by atoms with E-state index in [4.69, 9.17) is 5.73 Å². The Morgan fingerprint density at radius 1 is 0.529 bits per heavy atom. The molecule has 6 aromatic rings. The number of benzene rings is 4. The molecule has 0 radical (unpaired) electrons. The van der Waals surface area contributed by atoms with Gasteiger partial charge < -0.3 is 36.8 Å². The molecule has 6 rings (SSSR count). The van der Waals surface area contributed by atoms with Crippen LogP contribution in [0.15, 0.2) is 122 Å². The SMILES string of the molecule is NC(Cc1c[nH]c2ccccc12)C(=O)NC(Cc1c[nH]c2ccccc12)C(=O)NC(Cc1ccccc1)C(=O)NC(Cc1ccccc1)C(=O)O. The molecule has 2 heterocycles. The number of H-pyrrole nitrogens is 2. The third-order valence-electron chi connectivity index (χ3n) is 9.00. The van der Waals surface area contributed by atoms with Crippen molar-refractivity contribution in [2.45, 2.75) is 49.9 Å². The van der Waals surface area contributed by atoms with Gasteiger partial charge in [0.15, 0.2) is 0 Å². The number of rotatable bonds is 15. The highest BCUT2D eigenvalue weighted by atomic mass is 16.4. The number of carboxylic acid groups (broad SMARTS) is 1. The fraction of sp³-hybridized carbons (Fsp3) is 0.200. The molecule has 0 saturated carbocycles. The largest absolute Gasteiger partial charge is 0.480 e. The molecule has 4 aromatic carbocycles. The van der Waals surface area contributed by atoms with Crippen molar-refractivity contribution in [3.8, 4) is 0 Å². The van der Waals surface area contributed by atoms with E-state index in [-0.39, 0.29) is 25.7 Å². The maximum absolute atomic E-state index is 14.2. The van der Waals surface area contributed by atoms with Gasteiger partial charge in [-0.3, -0.25) is 14.4 Å². The molecule has 0 aliphatic heterocycles. The standard InChI is InChI=1S/C40H40N6O5/c41-31(21-27-23-42-32-17-9-7-15-29(27)32)37(47)44-35(22-28-24-43-33-18-10-8-16-30(28)33)39(49)45-34(19-25-11-3-1-4-12-25)38(48)46-36(40(50)51)20-26-13-5-2-6-14-26/h1-18,23-24,31,34-36,42-43H,19-22,41H2,(H,44,47)(H,45,49)(H,46,48)(H,50,51). The van der Waals surface area contributed by atoms with Gasteiger partial charge >= 0.3 is 5.97 Å². The van der Waals surface area contributed by atoms with Gasteiger partial charge in [-0.15, -0.1) is 0 Å². The van der Waals surface area contributed by atoms with Gasteiger partial charge in [-0.2, -0.15) is 0 Å². The molecular formula is C40H40N6O5. The molecule has 0 aliphatic carbocycles. The van der Waals surface area contributed by atoms with Gasteiger partial charge in [-0.05, 0) is 40.8 Å². The summed E-state index contributed by atoms with van der Waals surface area (Å²) in [4.78, 5) is 60.3. The second kappa shape index (κ2) is 16.0. The number of fused-ring (bicyclic) bond motifs is 2. The highest BCUT2D eigenvalue weighted by Gasteiger charge is 2.31. The fourth-order valence-electron chi connectivity index (χ4n) is 6.29. The molecule has 8 N–H and O–H groups in total. The number of aromatic nitrogens is 2. The van der Waals surface area contributed by atoms with Crippen LogP contribution in [0.5, 0.6) is 0 Å². The first-order valence-corrected chi connectivity index (χ1v) is 16.8. The van der Waals surface area contributed by atoms with E-state index in [1.54, 1.807) is 30.5 Å². The summed E-state index contributed by atoms with van der Waals surface area (Å²) in [6, 6.07) is 29.0. The number of nitrogens with two attached hydrogens (primary N) is 1. The maximum Gasteiger partial charge on any atom is 0.326 e. The molecule has 2 aromatic heterocycles. The zero-order valence-corrected chi connectivity index (χ0v) is 27.8. The van der Waals surface area contributed by atoms with Crippen LogP contribution in [-0.4, -0.2) is 62.9 Å². The summed E-state index contributed by atoms with van der Waals surface area (Å²) in [6.45, 7) is 0. The number of amides is 3. The Morgan fingerprint density at radius 2 is 0.941 bits per heavy atom. The summed E-state index contributed by atoms with van der Waals surface area (Å²) >= 11 is 0. The van der Waals surface area contributed by atoms with Crippen molar-refractivity contribution in [2.75, 3.05) is 0 Å². The summed E-state index contributed by atoms with van der Waals surface area (Å²) in [5, 5.41) is 20.1. The Balaban J connectivity index is 1.24. The lowest BCUT2D eigenvalue weighted by atomic mass is 10.00. The predicted octanol–water partition coefficient (Wildman–Crippen LogP) is 3.79. The average molecular weight is 685 g/mol. The van der Waals surface area contributed by atoms with Gasteiger partial charge in [0.2, 0.25) is 17.7 Å². The number of carbonyl (C=O) groups is 4. The van der Waals surface area contributed by atoms with Gasteiger partial charge in [0, 0.05) is 53.5 Å². The Bertz CT molecular complexity index is 2130. The minimum Gasteiger partial charge on any atom is -0.480 e. The zero-order valence-electron chi connectivity index (χ0n) is 27.8. The first-order valence-electron chi connectivity index (χ1n) is 16.8. The minimum absolute atomic E-state index is 0.0570. The number of nitrogens with one attached hydrogen (secondary N) is 5. The second-order valence-corrected chi connectivity index (χ2v) is 12.6. The second-order valence-electron chi connectivity index (χ2n) is 12.6. The maximum atomic E-state index is 14.2. The normalized spacial score (nSPS) is 13.6. The van der Waals surface area contributed by atoms with E-state index >= 15 is 0 Å². The van der Waals surface area contributed by atoms with Gasteiger partial charge in [-0.1, -0.05) is 97.1 Å². The van der Waals surface area contributed by atoms with Gasteiger partial charge in [0.25, 0.3) is 0 Å². The Morgan fingerprint density at radius 3 is 1.47 bits per heavy atom. The van der Waals surface area contributed by atoms with Crippen LogP contribution in [0.4, 0.5) is 0 Å². The number of hydrogen-bond donors (Lipinski definition) is 7. The summed E-state index contributed by atoms with van der Waals surface area (Å²) in [7, 11) is 0. The summed E-state index contributed by atoms with van der Waals surface area (Å²) in [5.41, 5.74) is 11.4. The lowest BCUT2D eigenvalue weighted by Gasteiger charge is -2.25. The van der Waals surface area contributed by atoms with Gasteiger partial charge in [-0.25, -0.2) is 4.79 Å². The van der Waals surface area contributed by atoms with E-state index in [9.17, 15) is 24.3 Å². The molecule has 260 valence electrons. The highest BCUT2D eigenvalue weighted by molar-refractivity contribution is 5.95. The van der Waals surface area contributed by atoms with Crippen LogP contribution in [0.3, 0.4) is 0 Å². The number of aliphatic carboxylic acids is 1. The van der Waals surface area contributed by atoms with Crippen LogP contribution in [-0.2, 0) is 44.9 Å². The smallest absolute Gasteiger partial charge is 0.326 e. The van der Waals surface area contributed by atoms with Crippen molar-refractivity contribution in [1.29, 1.82) is 0 Å². The first kappa shape index (κ1) is 34.7. The molecule has 11 nitrogen and oxygen atoms in total. The number of aromatic amines is 2. The van der Waals surface area contributed by atoms with Crippen LogP contribution < -0.4 is 21.7 Å². The van der Waals surface area contributed by atoms with Crippen molar-refractivity contribution < 1.29 is 24.3 Å². The van der Waals surface area contributed by atoms with E-state index < -0.39 is 47.9 Å². The third kappa shape index (κ3) is 8.70. The van der Waals surface area contributed by atoms with E-state index in [2.05, 4.69) is 25.9 Å². The number of hydrogen-bond acceptors (Lipinski definition) is 5. The zero-order chi connectivity index (χ0) is 35.7. The van der Waals surface area contributed by atoms with Crippen LogP contribution in [0.1, 0.15) is 22.3 Å². The molecule has 0 spiro atoms. The topological polar surface area (TPSA) is 182 Å². The number of carbonyl (C=O) groups excluding carboxylic acids is 3. The molecule has 0 saturated heterocycles. The lowest BCUT2D eigenvalue weighted by molar-refractivity contribution is -0.142. The summed E-state index contributed by atoms with van der Waals surface area (Å²) < 4.78 is 0. The Hall–Kier alpha value is -6.20. The molecular weight excluding hydrogens is 644 g/mol. The van der Waals surface area contributed by atoms with Gasteiger partial charge in [0.1, 0.15) is 18.1 Å². The molecule has 51 heavy (non-hydrogen) atoms. The average Bonchev–Trinajstić information content (AvgIpc) is 3.75. The molecule has 11 heteroatoms.